The van der Waals surface area contributed by atoms with Crippen molar-refractivity contribution < 1.29 is 40.3 Å². The van der Waals surface area contributed by atoms with Crippen LogP contribution in [0.4, 0.5) is 30.7 Å². The van der Waals surface area contributed by atoms with Crippen LogP contribution in [0, 0.1) is 5.82 Å². The molecule has 17 heteroatoms. The molecule has 2 N–H and O–H groups in total. The third-order valence-electron chi connectivity index (χ3n) is 7.92. The van der Waals surface area contributed by atoms with Gasteiger partial charge in [0.05, 0.1) is 29.3 Å². The van der Waals surface area contributed by atoms with Crippen LogP contribution in [0.5, 0.6) is 0 Å². The van der Waals surface area contributed by atoms with Gasteiger partial charge in [-0.3, -0.25) is 19.6 Å². The highest BCUT2D eigenvalue weighted by Crippen LogP contribution is 2.34. The molecule has 2 aromatic carbocycles. The van der Waals surface area contributed by atoms with E-state index in [0.29, 0.717) is 33.1 Å². The molecule has 8 nitrogen and oxygen atoms in total. The molecule has 294 valence electrons. The number of pyridine rings is 4. The van der Waals surface area contributed by atoms with E-state index in [-0.39, 0.29) is 59.7 Å². The number of aromatic nitrogens is 4. The molecular weight excluding hydrogens is 800 g/mol. The van der Waals surface area contributed by atoms with Crippen molar-refractivity contribution in [2.75, 3.05) is 0 Å². The number of halogens is 9. The highest BCUT2D eigenvalue weighted by molar-refractivity contribution is 6.31. The van der Waals surface area contributed by atoms with Crippen molar-refractivity contribution in [3.05, 3.63) is 165 Å². The molecule has 0 aliphatic carbocycles. The van der Waals surface area contributed by atoms with Gasteiger partial charge < -0.3 is 10.6 Å². The van der Waals surface area contributed by atoms with E-state index in [2.05, 4.69) is 30.6 Å². The number of carbonyl (C=O) groups excluding carboxylic acids is 2. The first-order chi connectivity index (χ1) is 27.1. The van der Waals surface area contributed by atoms with Gasteiger partial charge in [0.15, 0.2) is 0 Å². The summed E-state index contributed by atoms with van der Waals surface area (Å²) < 4.78 is 92.0. The fourth-order valence-electron chi connectivity index (χ4n) is 5.20. The molecule has 0 aliphatic heterocycles. The summed E-state index contributed by atoms with van der Waals surface area (Å²) in [6, 6.07) is 24.6. The normalized spacial score (nSPS) is 11.3. The second kappa shape index (κ2) is 18.8. The number of alkyl halides is 6. The molecule has 2 amide bonds. The number of carbonyl (C=O) groups is 2. The molecule has 6 rings (SSSR count). The number of hydrogen-bond donors (Lipinski definition) is 2. The highest BCUT2D eigenvalue weighted by atomic mass is 35.5. The molecule has 4 aromatic heterocycles. The second-order valence-electron chi connectivity index (χ2n) is 12.1. The van der Waals surface area contributed by atoms with Crippen LogP contribution in [0.1, 0.15) is 33.9 Å². The van der Waals surface area contributed by atoms with Crippen LogP contribution in [0.3, 0.4) is 0 Å². The Hall–Kier alpha value is -5.93. The Bertz CT molecular complexity index is 2330. The zero-order chi connectivity index (χ0) is 41.2. The number of hydrogen-bond acceptors (Lipinski definition) is 6. The topological polar surface area (TPSA) is 110 Å². The van der Waals surface area contributed by atoms with Gasteiger partial charge in [0.2, 0.25) is 11.8 Å². The Kier molecular flexibility index (Phi) is 13.9. The van der Waals surface area contributed by atoms with Crippen LogP contribution >= 0.6 is 23.2 Å². The van der Waals surface area contributed by atoms with Gasteiger partial charge >= 0.3 is 12.4 Å². The summed E-state index contributed by atoms with van der Waals surface area (Å²) in [7, 11) is 0. The van der Waals surface area contributed by atoms with Crippen molar-refractivity contribution in [2.24, 2.45) is 0 Å². The third-order valence-corrected chi connectivity index (χ3v) is 8.44. The molecule has 0 saturated heterocycles. The van der Waals surface area contributed by atoms with Gasteiger partial charge in [0.1, 0.15) is 17.2 Å². The molecule has 6 aromatic rings. The van der Waals surface area contributed by atoms with E-state index in [1.54, 1.807) is 67.0 Å². The van der Waals surface area contributed by atoms with E-state index < -0.39 is 29.6 Å². The average Bonchev–Trinajstić information content (AvgIpc) is 3.17. The van der Waals surface area contributed by atoms with Gasteiger partial charge in [0.25, 0.3) is 0 Å². The minimum atomic E-state index is -4.65. The Labute approximate surface area is 331 Å². The van der Waals surface area contributed by atoms with Gasteiger partial charge in [0, 0.05) is 53.0 Å². The van der Waals surface area contributed by atoms with E-state index in [9.17, 15) is 40.3 Å². The summed E-state index contributed by atoms with van der Waals surface area (Å²) in [4.78, 5) is 39.8. The maximum absolute atomic E-state index is 13.4. The zero-order valence-electron chi connectivity index (χ0n) is 29.3. The molecule has 0 unspecified atom stereocenters. The number of amides is 2. The van der Waals surface area contributed by atoms with E-state index in [4.69, 9.17) is 23.2 Å². The summed E-state index contributed by atoms with van der Waals surface area (Å²) >= 11 is 11.7. The first-order valence-electron chi connectivity index (χ1n) is 16.8. The van der Waals surface area contributed by atoms with Crippen molar-refractivity contribution in [3.8, 4) is 22.5 Å². The van der Waals surface area contributed by atoms with E-state index >= 15 is 0 Å². The maximum Gasteiger partial charge on any atom is 0.433 e. The first kappa shape index (κ1) is 42.2. The molecule has 0 saturated carbocycles. The van der Waals surface area contributed by atoms with Crippen LogP contribution in [-0.2, 0) is 47.9 Å². The monoisotopic (exact) mass is 828 g/mol. The second-order valence-corrected chi connectivity index (χ2v) is 12.9. The largest absolute Gasteiger partial charge is 0.433 e. The van der Waals surface area contributed by atoms with Crippen LogP contribution in [-0.4, -0.2) is 31.8 Å². The van der Waals surface area contributed by atoms with Crippen LogP contribution in [0.2, 0.25) is 10.0 Å². The van der Waals surface area contributed by atoms with Gasteiger partial charge in [-0.2, -0.15) is 26.3 Å². The average molecular weight is 830 g/mol. The molecule has 0 radical (unpaired) electrons. The van der Waals surface area contributed by atoms with Crippen molar-refractivity contribution in [3.63, 3.8) is 0 Å². The lowest BCUT2D eigenvalue weighted by atomic mass is 10.0. The van der Waals surface area contributed by atoms with E-state index in [1.165, 1.54) is 30.3 Å². The number of rotatable bonds is 10. The summed E-state index contributed by atoms with van der Waals surface area (Å²) in [6.07, 6.45) is -6.00. The smallest absolute Gasteiger partial charge is 0.352 e. The van der Waals surface area contributed by atoms with Crippen molar-refractivity contribution in [1.82, 2.24) is 30.6 Å². The van der Waals surface area contributed by atoms with Crippen LogP contribution < -0.4 is 10.6 Å². The quantitative estimate of drug-likeness (QED) is 0.133. The number of benzene rings is 2. The highest BCUT2D eigenvalue weighted by Gasteiger charge is 2.34. The van der Waals surface area contributed by atoms with Crippen LogP contribution in [0.25, 0.3) is 22.5 Å². The lowest BCUT2D eigenvalue weighted by Gasteiger charge is -2.14. The SMILES string of the molecule is O=C(Cc1ccccn1)NCc1ccc(C(F)(F)F)nc1-c1ccc(F)c(Cl)c1.O=C(Cc1ccccn1)NCc1ccc(C(F)(F)F)nc1-c1cccc(Cl)c1. The van der Waals surface area contributed by atoms with Crippen molar-refractivity contribution in [1.29, 1.82) is 0 Å². The molecule has 4 heterocycles. The molecule has 0 spiro atoms. The van der Waals surface area contributed by atoms with Crippen molar-refractivity contribution in [2.45, 2.75) is 38.3 Å². The molecule has 0 aliphatic rings. The van der Waals surface area contributed by atoms with Crippen LogP contribution in [0.15, 0.2) is 116 Å². The molecular formula is C40H29Cl2F7N6O2. The fourth-order valence-corrected chi connectivity index (χ4v) is 5.57. The number of nitrogens with zero attached hydrogens (tertiary/aromatic N) is 4. The predicted octanol–water partition coefficient (Wildman–Crippen LogP) is 9.49. The predicted molar refractivity (Wildman–Crippen MR) is 199 cm³/mol. The van der Waals surface area contributed by atoms with E-state index in [1.807, 2.05) is 0 Å². The minimum Gasteiger partial charge on any atom is -0.352 e. The Morgan fingerprint density at radius 3 is 1.49 bits per heavy atom. The summed E-state index contributed by atoms with van der Waals surface area (Å²) in [5, 5.41) is 5.46. The van der Waals surface area contributed by atoms with Crippen molar-refractivity contribution >= 4 is 35.0 Å². The zero-order valence-corrected chi connectivity index (χ0v) is 30.8. The van der Waals surface area contributed by atoms with Gasteiger partial charge in [-0.15, -0.1) is 0 Å². The van der Waals surface area contributed by atoms with Gasteiger partial charge in [-0.1, -0.05) is 59.6 Å². The Balaban J connectivity index is 0.000000218. The Morgan fingerprint density at radius 1 is 0.579 bits per heavy atom. The summed E-state index contributed by atoms with van der Waals surface area (Å²) in [5.41, 5.74) is 0.545. The Morgan fingerprint density at radius 2 is 1.07 bits per heavy atom. The molecule has 57 heavy (non-hydrogen) atoms. The maximum atomic E-state index is 13.4. The summed E-state index contributed by atoms with van der Waals surface area (Å²) in [6.45, 7) is -0.0419. The first-order valence-corrected chi connectivity index (χ1v) is 17.5. The standard InChI is InChI=1S/C20H14ClF4N3O.C20H15ClF3N3O/c21-15-9-12(4-6-16(15)22)19-13(5-7-17(28-19)20(23,24)25)11-27-18(29)10-14-3-1-2-8-26-14;21-15-5-3-4-13(10-15)19-14(7-8-17(27-19)20(22,23)24)12-26-18(28)11-16-6-1-2-9-25-16/h1-9H,10-11H2,(H,27,29);1-10H,11-12H2,(H,26,28). The lowest BCUT2D eigenvalue weighted by Crippen LogP contribution is -2.25. The molecule has 0 fully saturated rings. The molecule has 0 bridgehead atoms. The van der Waals surface area contributed by atoms with E-state index in [0.717, 1.165) is 18.2 Å². The van der Waals surface area contributed by atoms with Gasteiger partial charge in [-0.05, 0) is 77.9 Å². The van der Waals surface area contributed by atoms with Gasteiger partial charge in [-0.25, -0.2) is 14.4 Å². The molecule has 0 atom stereocenters. The third kappa shape index (κ3) is 12.3. The minimum absolute atomic E-state index is 0.0204. The lowest BCUT2D eigenvalue weighted by molar-refractivity contribution is -0.141. The summed E-state index contributed by atoms with van der Waals surface area (Å²) in [5.74, 6) is -1.35. The fraction of sp³-hybridized carbons (Fsp3) is 0.150. The number of nitrogens with one attached hydrogen (secondary N) is 2.